The van der Waals surface area contributed by atoms with Gasteiger partial charge in [0.2, 0.25) is 11.8 Å². The van der Waals surface area contributed by atoms with Gasteiger partial charge >= 0.3 is 0 Å². The SMILES string of the molecule is c1ccc(N2c3oc4ccccc4c3B(c3nccc4c3sc3ccccc34)c3c2oc2ccccc32)cc1. The summed E-state index contributed by atoms with van der Waals surface area (Å²) in [5, 5.41) is 4.68. The van der Waals surface area contributed by atoms with Crippen LogP contribution in [0, 0.1) is 0 Å². The number of aromatic nitrogens is 1. The van der Waals surface area contributed by atoms with Crippen LogP contribution in [0.3, 0.4) is 0 Å². The Hall–Kier alpha value is -4.81. The second-order valence-corrected chi connectivity index (χ2v) is 11.0. The quantitative estimate of drug-likeness (QED) is 0.226. The zero-order valence-electron chi connectivity index (χ0n) is 20.7. The number of rotatable bonds is 2. The van der Waals surface area contributed by atoms with Crippen LogP contribution >= 0.6 is 11.3 Å². The molecule has 0 bridgehead atoms. The summed E-state index contributed by atoms with van der Waals surface area (Å²) in [7, 11) is 0. The van der Waals surface area contributed by atoms with Gasteiger partial charge in [0.1, 0.15) is 11.2 Å². The van der Waals surface area contributed by atoms with Crippen LogP contribution in [0.15, 0.2) is 124 Å². The van der Waals surface area contributed by atoms with Crippen LogP contribution in [0.4, 0.5) is 17.5 Å². The Morgan fingerprint density at radius 3 is 1.87 bits per heavy atom. The van der Waals surface area contributed by atoms with Crippen molar-refractivity contribution < 1.29 is 8.83 Å². The molecule has 0 fully saturated rings. The highest BCUT2D eigenvalue weighted by molar-refractivity contribution is 7.27. The standard InChI is InChI=1S/C33H19BN2O2S/c1-2-10-20(11-3-1)36-32-28(23-13-4-7-15-25(23)37-32)34(29-24-14-5-8-16-26(24)38-33(29)36)31-30-22(18-19-35-31)21-12-6-9-17-27(21)39-30/h1-19H. The highest BCUT2D eigenvalue weighted by Gasteiger charge is 2.45. The number of benzene rings is 4. The lowest BCUT2D eigenvalue weighted by Crippen LogP contribution is -2.57. The van der Waals surface area contributed by atoms with Crippen molar-refractivity contribution in [3.05, 3.63) is 115 Å². The molecule has 1 aliphatic rings. The molecule has 0 atom stereocenters. The number of pyridine rings is 1. The topological polar surface area (TPSA) is 42.4 Å². The molecule has 9 rings (SSSR count). The Morgan fingerprint density at radius 1 is 0.590 bits per heavy atom. The highest BCUT2D eigenvalue weighted by Crippen LogP contribution is 2.42. The third-order valence-electron chi connectivity index (χ3n) is 7.82. The lowest BCUT2D eigenvalue weighted by Gasteiger charge is -2.29. The number of furan rings is 2. The summed E-state index contributed by atoms with van der Waals surface area (Å²) in [5.41, 5.74) is 5.96. The largest absolute Gasteiger partial charge is 0.440 e. The Labute approximate surface area is 227 Å². The van der Waals surface area contributed by atoms with Gasteiger partial charge in [-0.3, -0.25) is 9.88 Å². The number of fused-ring (bicyclic) bond motifs is 9. The molecule has 0 saturated heterocycles. The molecule has 0 amide bonds. The van der Waals surface area contributed by atoms with E-state index in [4.69, 9.17) is 13.8 Å². The van der Waals surface area contributed by atoms with Crippen molar-refractivity contribution in [3.63, 3.8) is 0 Å². The van der Waals surface area contributed by atoms with Crippen LogP contribution in [0.2, 0.25) is 0 Å². The average Bonchev–Trinajstić information content (AvgIpc) is 3.68. The number of anilines is 3. The van der Waals surface area contributed by atoms with Gasteiger partial charge in [-0.25, -0.2) is 0 Å². The number of hydrogen-bond donors (Lipinski definition) is 0. The van der Waals surface area contributed by atoms with Crippen LogP contribution in [0.1, 0.15) is 0 Å². The van der Waals surface area contributed by atoms with Gasteiger partial charge in [0.05, 0.1) is 5.69 Å². The van der Waals surface area contributed by atoms with Crippen molar-refractivity contribution in [2.24, 2.45) is 0 Å². The molecule has 5 heterocycles. The first kappa shape index (κ1) is 21.2. The van der Waals surface area contributed by atoms with Gasteiger partial charge in [0, 0.05) is 53.7 Å². The highest BCUT2D eigenvalue weighted by atomic mass is 32.1. The van der Waals surface area contributed by atoms with Gasteiger partial charge in [-0.05, 0) is 36.4 Å². The molecule has 0 aliphatic carbocycles. The molecule has 8 aromatic rings. The van der Waals surface area contributed by atoms with E-state index in [1.807, 2.05) is 60.0 Å². The van der Waals surface area contributed by atoms with Crippen molar-refractivity contribution in [3.8, 4) is 0 Å². The zero-order valence-corrected chi connectivity index (χ0v) is 21.5. The van der Waals surface area contributed by atoms with E-state index in [1.165, 1.54) is 20.2 Å². The van der Waals surface area contributed by atoms with E-state index in [0.717, 1.165) is 55.9 Å². The molecule has 4 nitrogen and oxygen atoms in total. The van der Waals surface area contributed by atoms with E-state index in [0.29, 0.717) is 0 Å². The van der Waals surface area contributed by atoms with Crippen LogP contribution in [0.25, 0.3) is 42.1 Å². The maximum Gasteiger partial charge on any atom is 0.282 e. The van der Waals surface area contributed by atoms with Gasteiger partial charge in [-0.2, -0.15) is 0 Å². The van der Waals surface area contributed by atoms with Gasteiger partial charge in [-0.15, -0.1) is 11.3 Å². The molecule has 0 saturated carbocycles. The Bertz CT molecular complexity index is 2130. The normalized spacial score (nSPS) is 13.0. The second kappa shape index (κ2) is 7.85. The minimum atomic E-state index is -0.168. The average molecular weight is 518 g/mol. The van der Waals surface area contributed by atoms with Crippen molar-refractivity contribution in [1.82, 2.24) is 4.98 Å². The summed E-state index contributed by atoms with van der Waals surface area (Å²) in [4.78, 5) is 7.23. The molecule has 4 aromatic heterocycles. The minimum Gasteiger partial charge on any atom is -0.440 e. The second-order valence-electron chi connectivity index (χ2n) is 9.91. The Balaban J connectivity index is 1.46. The van der Waals surface area contributed by atoms with E-state index in [-0.39, 0.29) is 6.71 Å². The maximum atomic E-state index is 6.67. The summed E-state index contributed by atoms with van der Waals surface area (Å²) in [6.45, 7) is -0.168. The van der Waals surface area contributed by atoms with Crippen LogP contribution < -0.4 is 21.4 Å². The third kappa shape index (κ3) is 2.86. The Morgan fingerprint density at radius 2 is 1.18 bits per heavy atom. The lowest BCUT2D eigenvalue weighted by atomic mass is 9.36. The molecule has 182 valence electrons. The third-order valence-corrected chi connectivity index (χ3v) is 9.03. The molecule has 39 heavy (non-hydrogen) atoms. The summed E-state index contributed by atoms with van der Waals surface area (Å²) in [5.74, 6) is 1.55. The fraction of sp³-hybridized carbons (Fsp3) is 0. The summed E-state index contributed by atoms with van der Waals surface area (Å²) < 4.78 is 15.8. The van der Waals surface area contributed by atoms with E-state index < -0.39 is 0 Å². The number of para-hydroxylation sites is 3. The van der Waals surface area contributed by atoms with Crippen LogP contribution in [-0.4, -0.2) is 11.7 Å². The van der Waals surface area contributed by atoms with E-state index in [9.17, 15) is 0 Å². The van der Waals surface area contributed by atoms with Crippen LogP contribution in [-0.2, 0) is 0 Å². The lowest BCUT2D eigenvalue weighted by molar-refractivity contribution is 0.585. The van der Waals surface area contributed by atoms with Crippen molar-refractivity contribution in [2.75, 3.05) is 4.90 Å². The Kier molecular flexibility index (Phi) is 4.26. The number of thiophene rings is 1. The molecule has 6 heteroatoms. The zero-order chi connectivity index (χ0) is 25.5. The predicted octanol–water partition coefficient (Wildman–Crippen LogP) is 7.24. The number of hydrogen-bond acceptors (Lipinski definition) is 5. The van der Waals surface area contributed by atoms with Crippen LogP contribution in [0.5, 0.6) is 0 Å². The van der Waals surface area contributed by atoms with E-state index >= 15 is 0 Å². The molecule has 1 aliphatic heterocycles. The van der Waals surface area contributed by atoms with Gasteiger partial charge in [0.15, 0.2) is 0 Å². The maximum absolute atomic E-state index is 6.67. The number of nitrogens with zero attached hydrogens (tertiary/aromatic N) is 2. The predicted molar refractivity (Wildman–Crippen MR) is 162 cm³/mol. The van der Waals surface area contributed by atoms with Crippen molar-refractivity contribution in [2.45, 2.75) is 0 Å². The van der Waals surface area contributed by atoms with E-state index in [1.54, 1.807) is 0 Å². The molecular formula is C33H19BN2O2S. The van der Waals surface area contributed by atoms with Crippen molar-refractivity contribution in [1.29, 1.82) is 0 Å². The fourth-order valence-electron chi connectivity index (χ4n) is 6.19. The first-order valence-electron chi connectivity index (χ1n) is 13.0. The van der Waals surface area contributed by atoms with Gasteiger partial charge in [-0.1, -0.05) is 72.8 Å². The van der Waals surface area contributed by atoms with E-state index in [2.05, 4.69) is 71.6 Å². The summed E-state index contributed by atoms with van der Waals surface area (Å²) >= 11 is 1.81. The molecule has 0 spiro atoms. The molecule has 0 N–H and O–H groups in total. The van der Waals surface area contributed by atoms with Gasteiger partial charge < -0.3 is 8.83 Å². The smallest absolute Gasteiger partial charge is 0.282 e. The van der Waals surface area contributed by atoms with Crippen molar-refractivity contribution >= 4 is 94.1 Å². The molecule has 0 radical (unpaired) electrons. The monoisotopic (exact) mass is 518 g/mol. The molecule has 0 unspecified atom stereocenters. The molecular weight excluding hydrogens is 499 g/mol. The van der Waals surface area contributed by atoms with Gasteiger partial charge in [0.25, 0.3) is 6.71 Å². The summed E-state index contributed by atoms with van der Waals surface area (Å²) in [6.07, 6.45) is 1.95. The fourth-order valence-corrected chi connectivity index (χ4v) is 7.41. The summed E-state index contributed by atoms with van der Waals surface area (Å²) in [6, 6.07) is 37.7. The first-order valence-corrected chi connectivity index (χ1v) is 13.8. The first-order chi connectivity index (χ1) is 19.4. The minimum absolute atomic E-state index is 0.168. The molecule has 4 aromatic carbocycles.